The zero-order valence-corrected chi connectivity index (χ0v) is 11.6. The Morgan fingerprint density at radius 2 is 2.28 bits per heavy atom. The molecule has 0 radical (unpaired) electrons. The highest BCUT2D eigenvalue weighted by Crippen LogP contribution is 2.21. The highest BCUT2D eigenvalue weighted by molar-refractivity contribution is 9.10. The van der Waals surface area contributed by atoms with E-state index in [1.54, 1.807) is 13.2 Å². The van der Waals surface area contributed by atoms with Gasteiger partial charge in [0.25, 0.3) is 5.91 Å². The van der Waals surface area contributed by atoms with Crippen LogP contribution in [0.4, 0.5) is 4.39 Å². The first-order valence-corrected chi connectivity index (χ1v) is 6.26. The largest absolute Gasteiger partial charge is 0.481 e. The molecule has 1 N–H and O–H groups in total. The number of carbonyl (C=O) groups is 1. The topological polar surface area (TPSA) is 47.6 Å². The zero-order chi connectivity index (χ0) is 13.4. The van der Waals surface area contributed by atoms with Gasteiger partial charge >= 0.3 is 0 Å². The van der Waals surface area contributed by atoms with Gasteiger partial charge in [-0.05, 0) is 24.6 Å². The molecule has 1 amide bonds. The van der Waals surface area contributed by atoms with Crippen LogP contribution in [0.25, 0.3) is 0 Å². The number of carbonyl (C=O) groups excluding carboxylic acids is 1. The van der Waals surface area contributed by atoms with Gasteiger partial charge in [-0.15, -0.1) is 0 Å². The Hall–Kier alpha value is -1.14. The number of hydrogen-bond acceptors (Lipinski definition) is 3. The van der Waals surface area contributed by atoms with Crippen LogP contribution in [0.1, 0.15) is 6.42 Å². The van der Waals surface area contributed by atoms with Gasteiger partial charge in [0.2, 0.25) is 0 Å². The molecule has 0 fully saturated rings. The fraction of sp³-hybridized carbons (Fsp3) is 0.417. The van der Waals surface area contributed by atoms with Gasteiger partial charge in [0.05, 0.1) is 0 Å². The summed E-state index contributed by atoms with van der Waals surface area (Å²) < 4.78 is 23.9. The van der Waals surface area contributed by atoms with Crippen molar-refractivity contribution in [1.29, 1.82) is 0 Å². The summed E-state index contributed by atoms with van der Waals surface area (Å²) in [5.74, 6) is -0.729. The van der Waals surface area contributed by atoms with E-state index in [1.165, 1.54) is 12.1 Å². The molecule has 0 aliphatic rings. The Bertz CT molecular complexity index is 401. The lowest BCUT2D eigenvalue weighted by molar-refractivity contribution is -0.123. The van der Waals surface area contributed by atoms with Gasteiger partial charge in [-0.1, -0.05) is 15.9 Å². The van der Waals surface area contributed by atoms with E-state index in [4.69, 9.17) is 9.47 Å². The van der Waals surface area contributed by atoms with Crippen LogP contribution in [0.3, 0.4) is 0 Å². The number of nitrogens with one attached hydrogen (secondary N) is 1. The Morgan fingerprint density at radius 3 is 3.00 bits per heavy atom. The second kappa shape index (κ2) is 8.05. The molecule has 0 spiro atoms. The molecule has 18 heavy (non-hydrogen) atoms. The van der Waals surface area contributed by atoms with Crippen LogP contribution in [0, 0.1) is 5.82 Å². The summed E-state index contributed by atoms with van der Waals surface area (Å²) in [4.78, 5) is 11.4. The molecule has 0 atom stereocenters. The molecular weight excluding hydrogens is 305 g/mol. The van der Waals surface area contributed by atoms with Crippen molar-refractivity contribution in [3.63, 3.8) is 0 Å². The Balaban J connectivity index is 2.31. The van der Waals surface area contributed by atoms with Crippen molar-refractivity contribution in [3.8, 4) is 5.75 Å². The number of methoxy groups -OCH3 is 1. The Labute approximate surface area is 114 Å². The summed E-state index contributed by atoms with van der Waals surface area (Å²) >= 11 is 3.20. The van der Waals surface area contributed by atoms with Crippen molar-refractivity contribution >= 4 is 21.8 Å². The van der Waals surface area contributed by atoms with Crippen molar-refractivity contribution in [1.82, 2.24) is 5.32 Å². The maximum absolute atomic E-state index is 13.3. The normalized spacial score (nSPS) is 10.2. The van der Waals surface area contributed by atoms with Crippen LogP contribution in [-0.4, -0.2) is 32.8 Å². The average molecular weight is 320 g/mol. The van der Waals surface area contributed by atoms with Crippen LogP contribution in [0.15, 0.2) is 22.7 Å². The maximum atomic E-state index is 13.3. The summed E-state index contributed by atoms with van der Waals surface area (Å²) in [5, 5.41) is 2.64. The minimum absolute atomic E-state index is 0.0522. The summed E-state index contributed by atoms with van der Waals surface area (Å²) in [6.45, 7) is 0.888. The highest BCUT2D eigenvalue weighted by Gasteiger charge is 2.07. The summed E-state index contributed by atoms with van der Waals surface area (Å²) in [6, 6.07) is 4.32. The van der Waals surface area contributed by atoms with E-state index in [0.29, 0.717) is 17.6 Å². The fourth-order valence-electron chi connectivity index (χ4n) is 1.23. The lowest BCUT2D eigenvalue weighted by atomic mass is 10.3. The molecule has 6 heteroatoms. The van der Waals surface area contributed by atoms with E-state index in [2.05, 4.69) is 21.2 Å². The van der Waals surface area contributed by atoms with E-state index in [-0.39, 0.29) is 18.3 Å². The number of benzene rings is 1. The predicted molar refractivity (Wildman–Crippen MR) is 69.1 cm³/mol. The van der Waals surface area contributed by atoms with E-state index >= 15 is 0 Å². The van der Waals surface area contributed by atoms with Crippen LogP contribution < -0.4 is 10.1 Å². The molecule has 0 bridgehead atoms. The number of ether oxygens (including phenoxy) is 2. The van der Waals surface area contributed by atoms with Gasteiger partial charge in [0.15, 0.2) is 18.2 Å². The standard InChI is InChI=1S/C12H15BrFNO3/c1-17-6-2-5-15-12(16)8-18-11-7-9(13)3-4-10(11)14/h3-4,7H,2,5-6,8H2,1H3,(H,15,16). The number of rotatable bonds is 7. The number of hydrogen-bond donors (Lipinski definition) is 1. The van der Waals surface area contributed by atoms with Crippen LogP contribution >= 0.6 is 15.9 Å². The molecule has 1 aromatic carbocycles. The first-order chi connectivity index (χ1) is 8.63. The van der Waals surface area contributed by atoms with Crippen LogP contribution in [-0.2, 0) is 9.53 Å². The number of amides is 1. The molecule has 0 saturated carbocycles. The molecule has 100 valence electrons. The van der Waals surface area contributed by atoms with E-state index in [9.17, 15) is 9.18 Å². The second-order valence-corrected chi connectivity index (χ2v) is 4.48. The first kappa shape index (κ1) is 14.9. The third-order valence-corrected chi connectivity index (χ3v) is 2.59. The molecule has 0 heterocycles. The van der Waals surface area contributed by atoms with Crippen LogP contribution in [0.2, 0.25) is 0 Å². The van der Waals surface area contributed by atoms with E-state index in [0.717, 1.165) is 6.42 Å². The Kier molecular flexibility index (Phi) is 6.67. The lowest BCUT2D eigenvalue weighted by Crippen LogP contribution is -2.30. The molecule has 0 aliphatic carbocycles. The molecule has 0 saturated heterocycles. The smallest absolute Gasteiger partial charge is 0.257 e. The summed E-state index contributed by atoms with van der Waals surface area (Å²) in [7, 11) is 1.60. The van der Waals surface area contributed by atoms with Crippen molar-refractivity contribution in [2.75, 3.05) is 26.9 Å². The first-order valence-electron chi connectivity index (χ1n) is 5.47. The van der Waals surface area contributed by atoms with Crippen molar-refractivity contribution < 1.29 is 18.7 Å². The second-order valence-electron chi connectivity index (χ2n) is 3.56. The maximum Gasteiger partial charge on any atom is 0.257 e. The monoisotopic (exact) mass is 319 g/mol. The number of halogens is 2. The van der Waals surface area contributed by atoms with Gasteiger partial charge in [-0.25, -0.2) is 4.39 Å². The van der Waals surface area contributed by atoms with Crippen molar-refractivity contribution in [2.24, 2.45) is 0 Å². The molecule has 4 nitrogen and oxygen atoms in total. The van der Waals surface area contributed by atoms with Gasteiger partial charge < -0.3 is 14.8 Å². The average Bonchev–Trinajstić information content (AvgIpc) is 2.36. The van der Waals surface area contributed by atoms with Gasteiger partial charge in [0, 0.05) is 24.7 Å². The van der Waals surface area contributed by atoms with Crippen molar-refractivity contribution in [3.05, 3.63) is 28.5 Å². The third kappa shape index (κ3) is 5.46. The molecule has 0 aliphatic heterocycles. The van der Waals surface area contributed by atoms with Crippen LogP contribution in [0.5, 0.6) is 5.75 Å². The summed E-state index contributed by atoms with van der Waals surface area (Å²) in [6.07, 6.45) is 0.730. The molecule has 0 aromatic heterocycles. The zero-order valence-electron chi connectivity index (χ0n) is 10.0. The van der Waals surface area contributed by atoms with E-state index in [1.807, 2.05) is 0 Å². The molecular formula is C12H15BrFNO3. The molecule has 1 rings (SSSR count). The van der Waals surface area contributed by atoms with Gasteiger partial charge in [0.1, 0.15) is 0 Å². The SMILES string of the molecule is COCCCNC(=O)COc1cc(Br)ccc1F. The molecule has 0 unspecified atom stereocenters. The lowest BCUT2D eigenvalue weighted by Gasteiger charge is -2.08. The van der Waals surface area contributed by atoms with Crippen molar-refractivity contribution in [2.45, 2.75) is 6.42 Å². The fourth-order valence-corrected chi connectivity index (χ4v) is 1.57. The van der Waals surface area contributed by atoms with Gasteiger partial charge in [-0.2, -0.15) is 0 Å². The minimum atomic E-state index is -0.495. The Morgan fingerprint density at radius 1 is 1.50 bits per heavy atom. The molecule has 1 aromatic rings. The summed E-state index contributed by atoms with van der Waals surface area (Å²) in [5.41, 5.74) is 0. The predicted octanol–water partition coefficient (Wildman–Crippen LogP) is 2.12. The quantitative estimate of drug-likeness (QED) is 0.783. The minimum Gasteiger partial charge on any atom is -0.481 e. The third-order valence-electron chi connectivity index (χ3n) is 2.10. The van der Waals surface area contributed by atoms with Gasteiger partial charge in [-0.3, -0.25) is 4.79 Å². The van der Waals surface area contributed by atoms with E-state index < -0.39 is 5.82 Å². The highest BCUT2D eigenvalue weighted by atomic mass is 79.9.